The lowest BCUT2D eigenvalue weighted by molar-refractivity contribution is 0.0519. The van der Waals surface area contributed by atoms with Gasteiger partial charge in [0, 0.05) is 6.21 Å². The van der Waals surface area contributed by atoms with Gasteiger partial charge in [-0.1, -0.05) is 6.08 Å². The largest absolute Gasteiger partial charge is 0.295 e. The molecule has 78 valence electrons. The molecule has 0 amide bonds. The highest BCUT2D eigenvalue weighted by Gasteiger charge is 2.41. The molecule has 0 radical (unpaired) electrons. The van der Waals surface area contributed by atoms with Crippen molar-refractivity contribution in [3.63, 3.8) is 0 Å². The predicted molar refractivity (Wildman–Crippen MR) is 61.4 cm³/mol. The van der Waals surface area contributed by atoms with E-state index < -0.39 is 0 Å². The van der Waals surface area contributed by atoms with E-state index in [9.17, 15) is 0 Å². The molecule has 4 aliphatic heterocycles. The number of aliphatic imine (C=N–C) groups is 1. The Morgan fingerprint density at radius 1 is 1.36 bits per heavy atom. The minimum Gasteiger partial charge on any atom is -0.295 e. The summed E-state index contributed by atoms with van der Waals surface area (Å²) in [6.07, 6.45) is 7.20. The molecule has 4 aliphatic rings. The van der Waals surface area contributed by atoms with E-state index >= 15 is 0 Å². The minimum atomic E-state index is 0. The van der Waals surface area contributed by atoms with Crippen LogP contribution in [-0.2, 0) is 0 Å². The van der Waals surface area contributed by atoms with Gasteiger partial charge in [0.15, 0.2) is 0 Å². The summed E-state index contributed by atoms with van der Waals surface area (Å²) in [7, 11) is 0. The SMILES string of the molecule is CC1=CC2C(N=C1)C1CCN2CC1.Cl. The van der Waals surface area contributed by atoms with Crippen molar-refractivity contribution < 1.29 is 0 Å². The summed E-state index contributed by atoms with van der Waals surface area (Å²) in [6.45, 7) is 4.75. The summed E-state index contributed by atoms with van der Waals surface area (Å²) in [5.74, 6) is 0.871. The summed E-state index contributed by atoms with van der Waals surface area (Å²) in [6, 6.07) is 1.23. The van der Waals surface area contributed by atoms with Gasteiger partial charge in [-0.2, -0.15) is 0 Å². The van der Waals surface area contributed by atoms with E-state index in [0.29, 0.717) is 12.1 Å². The molecule has 2 nitrogen and oxygen atoms in total. The molecule has 0 aromatic carbocycles. The first-order valence-electron chi connectivity index (χ1n) is 5.30. The molecule has 3 saturated heterocycles. The smallest absolute Gasteiger partial charge is 0.0719 e. The van der Waals surface area contributed by atoms with E-state index in [0.717, 1.165) is 5.92 Å². The van der Waals surface area contributed by atoms with Crippen molar-refractivity contribution in [3.8, 4) is 0 Å². The van der Waals surface area contributed by atoms with E-state index in [1.165, 1.54) is 31.5 Å². The summed E-state index contributed by atoms with van der Waals surface area (Å²) in [5, 5.41) is 0. The number of allylic oxidation sites excluding steroid dienone is 1. The van der Waals surface area contributed by atoms with Gasteiger partial charge in [0.2, 0.25) is 0 Å². The van der Waals surface area contributed by atoms with Crippen molar-refractivity contribution in [2.45, 2.75) is 31.8 Å². The van der Waals surface area contributed by atoms with Crippen LogP contribution in [0.3, 0.4) is 0 Å². The Bertz CT molecular complexity index is 277. The van der Waals surface area contributed by atoms with Gasteiger partial charge >= 0.3 is 0 Å². The van der Waals surface area contributed by atoms with Crippen LogP contribution in [0, 0.1) is 5.92 Å². The molecule has 4 heterocycles. The first-order chi connectivity index (χ1) is 6.34. The van der Waals surface area contributed by atoms with Gasteiger partial charge in [0.1, 0.15) is 0 Å². The topological polar surface area (TPSA) is 15.6 Å². The van der Waals surface area contributed by atoms with Gasteiger partial charge in [-0.25, -0.2) is 0 Å². The van der Waals surface area contributed by atoms with Crippen molar-refractivity contribution in [2.75, 3.05) is 13.1 Å². The zero-order valence-corrected chi connectivity index (χ0v) is 9.33. The van der Waals surface area contributed by atoms with Gasteiger partial charge in [-0.05, 0) is 44.3 Å². The molecule has 3 fully saturated rings. The Morgan fingerprint density at radius 2 is 2.07 bits per heavy atom. The molecule has 3 heteroatoms. The van der Waals surface area contributed by atoms with Gasteiger partial charge < -0.3 is 0 Å². The standard InChI is InChI=1S/C11H16N2.ClH/c1-8-6-10-11(12-7-8)9-2-4-13(10)5-3-9;/h6-7,9-11H,2-5H2,1H3;1H. The number of piperidine rings is 3. The first kappa shape index (κ1) is 10.2. The molecule has 2 atom stereocenters. The summed E-state index contributed by atoms with van der Waals surface area (Å²) in [5.41, 5.74) is 1.34. The monoisotopic (exact) mass is 212 g/mol. The maximum Gasteiger partial charge on any atom is 0.0719 e. The van der Waals surface area contributed by atoms with Crippen molar-refractivity contribution in [1.82, 2.24) is 4.90 Å². The Kier molecular flexibility index (Phi) is 2.67. The fraction of sp³-hybridized carbons (Fsp3) is 0.727. The normalized spacial score (nSPS) is 43.9. The van der Waals surface area contributed by atoms with Crippen molar-refractivity contribution in [3.05, 3.63) is 11.6 Å². The Hall–Kier alpha value is -0.340. The lowest BCUT2D eigenvalue weighted by Crippen LogP contribution is -2.57. The van der Waals surface area contributed by atoms with E-state index in [1.54, 1.807) is 0 Å². The highest BCUT2D eigenvalue weighted by molar-refractivity contribution is 5.85. The molecule has 0 aliphatic carbocycles. The minimum absolute atomic E-state index is 0. The fourth-order valence-electron chi connectivity index (χ4n) is 2.98. The number of fused-ring (bicyclic) bond motifs is 2. The lowest BCUT2D eigenvalue weighted by atomic mass is 9.77. The molecular weight excluding hydrogens is 196 g/mol. The summed E-state index contributed by atoms with van der Waals surface area (Å²) >= 11 is 0. The highest BCUT2D eigenvalue weighted by Crippen LogP contribution is 2.36. The third-order valence-electron chi connectivity index (χ3n) is 3.71. The zero-order valence-electron chi connectivity index (χ0n) is 8.52. The molecule has 4 rings (SSSR count). The lowest BCUT2D eigenvalue weighted by Gasteiger charge is -2.49. The quantitative estimate of drug-likeness (QED) is 0.599. The van der Waals surface area contributed by atoms with Gasteiger partial charge in [0.05, 0.1) is 12.1 Å². The molecule has 0 spiro atoms. The zero-order chi connectivity index (χ0) is 8.84. The number of dihydropyridines is 1. The van der Waals surface area contributed by atoms with E-state index in [2.05, 4.69) is 29.1 Å². The average Bonchev–Trinajstić information content (AvgIpc) is 2.19. The van der Waals surface area contributed by atoms with Crippen molar-refractivity contribution in [2.24, 2.45) is 10.9 Å². The molecular formula is C11H17ClN2. The number of hydrogen-bond acceptors (Lipinski definition) is 2. The van der Waals surface area contributed by atoms with Gasteiger partial charge in [-0.3, -0.25) is 9.89 Å². The van der Waals surface area contributed by atoms with Crippen LogP contribution < -0.4 is 0 Å². The second-order valence-corrected chi connectivity index (χ2v) is 4.54. The highest BCUT2D eigenvalue weighted by atomic mass is 35.5. The van der Waals surface area contributed by atoms with E-state index in [4.69, 9.17) is 0 Å². The molecule has 14 heavy (non-hydrogen) atoms. The van der Waals surface area contributed by atoms with Crippen LogP contribution in [0.25, 0.3) is 0 Å². The van der Waals surface area contributed by atoms with Crippen LogP contribution in [0.1, 0.15) is 19.8 Å². The predicted octanol–water partition coefficient (Wildman–Crippen LogP) is 1.90. The Morgan fingerprint density at radius 3 is 2.79 bits per heavy atom. The number of nitrogens with zero attached hydrogens (tertiary/aromatic N) is 2. The van der Waals surface area contributed by atoms with Gasteiger partial charge in [0.25, 0.3) is 0 Å². The van der Waals surface area contributed by atoms with Crippen molar-refractivity contribution >= 4 is 18.6 Å². The third kappa shape index (κ3) is 1.41. The molecule has 0 N–H and O–H groups in total. The summed E-state index contributed by atoms with van der Waals surface area (Å²) in [4.78, 5) is 7.28. The molecule has 2 unspecified atom stereocenters. The maximum atomic E-state index is 4.68. The van der Waals surface area contributed by atoms with Crippen LogP contribution >= 0.6 is 12.4 Å². The second kappa shape index (κ2) is 3.67. The molecule has 0 aromatic rings. The number of rotatable bonds is 0. The fourth-order valence-corrected chi connectivity index (χ4v) is 2.98. The Labute approximate surface area is 91.5 Å². The maximum absolute atomic E-state index is 4.68. The molecule has 0 aromatic heterocycles. The number of halogens is 1. The average molecular weight is 213 g/mol. The number of hydrogen-bond donors (Lipinski definition) is 0. The van der Waals surface area contributed by atoms with E-state index in [-0.39, 0.29) is 12.4 Å². The van der Waals surface area contributed by atoms with Crippen LogP contribution in [0.2, 0.25) is 0 Å². The third-order valence-corrected chi connectivity index (χ3v) is 3.71. The second-order valence-electron chi connectivity index (χ2n) is 4.54. The van der Waals surface area contributed by atoms with E-state index in [1.807, 2.05) is 0 Å². The molecule has 0 saturated carbocycles. The van der Waals surface area contributed by atoms with Crippen LogP contribution in [0.15, 0.2) is 16.6 Å². The van der Waals surface area contributed by atoms with Gasteiger partial charge in [-0.15, -0.1) is 12.4 Å². The first-order valence-corrected chi connectivity index (χ1v) is 5.30. The van der Waals surface area contributed by atoms with Crippen LogP contribution in [-0.4, -0.2) is 36.3 Å². The van der Waals surface area contributed by atoms with Crippen LogP contribution in [0.5, 0.6) is 0 Å². The summed E-state index contributed by atoms with van der Waals surface area (Å²) < 4.78 is 0. The van der Waals surface area contributed by atoms with Crippen LogP contribution in [0.4, 0.5) is 0 Å². The van der Waals surface area contributed by atoms with Crippen molar-refractivity contribution in [1.29, 1.82) is 0 Å². The Balaban J connectivity index is 0.000000750. The molecule has 2 bridgehead atoms.